The number of aryl methyl sites for hydroxylation is 1. The molecule has 0 fully saturated rings. The van der Waals surface area contributed by atoms with Gasteiger partial charge in [0, 0.05) is 15.1 Å². The Morgan fingerprint density at radius 2 is 2.05 bits per heavy atom. The van der Waals surface area contributed by atoms with E-state index in [1.165, 1.54) is 5.56 Å². The van der Waals surface area contributed by atoms with Crippen LogP contribution in [0.15, 0.2) is 40.9 Å². The third-order valence-corrected chi connectivity index (χ3v) is 4.52. The van der Waals surface area contributed by atoms with E-state index in [1.54, 1.807) is 0 Å². The van der Waals surface area contributed by atoms with Crippen LogP contribution in [-0.2, 0) is 6.42 Å². The SMILES string of the molecule is NC(c1ccc(Cl)cc1Br)c1cccc2c1OCCC2. The van der Waals surface area contributed by atoms with E-state index in [2.05, 4.69) is 22.0 Å². The molecule has 0 aliphatic carbocycles. The summed E-state index contributed by atoms with van der Waals surface area (Å²) in [5, 5.41) is 0.694. The molecule has 2 aromatic carbocycles. The summed E-state index contributed by atoms with van der Waals surface area (Å²) < 4.78 is 6.76. The lowest BCUT2D eigenvalue weighted by atomic mass is 9.94. The second-order valence-electron chi connectivity index (χ2n) is 4.93. The topological polar surface area (TPSA) is 35.2 Å². The summed E-state index contributed by atoms with van der Waals surface area (Å²) in [7, 11) is 0. The summed E-state index contributed by atoms with van der Waals surface area (Å²) in [5.41, 5.74) is 9.73. The van der Waals surface area contributed by atoms with Crippen LogP contribution < -0.4 is 10.5 Å². The van der Waals surface area contributed by atoms with Crippen LogP contribution in [0, 0.1) is 0 Å². The maximum Gasteiger partial charge on any atom is 0.127 e. The zero-order valence-electron chi connectivity index (χ0n) is 10.9. The van der Waals surface area contributed by atoms with Crippen LogP contribution in [0.2, 0.25) is 5.02 Å². The second kappa shape index (κ2) is 5.76. The van der Waals surface area contributed by atoms with Crippen LogP contribution in [0.1, 0.15) is 29.2 Å². The summed E-state index contributed by atoms with van der Waals surface area (Å²) >= 11 is 9.52. The average molecular weight is 353 g/mol. The number of halogens is 2. The van der Waals surface area contributed by atoms with Crippen molar-refractivity contribution in [2.75, 3.05) is 6.61 Å². The largest absolute Gasteiger partial charge is 0.493 e. The van der Waals surface area contributed by atoms with Crippen LogP contribution in [0.3, 0.4) is 0 Å². The Kier molecular flexibility index (Phi) is 4.01. The molecule has 20 heavy (non-hydrogen) atoms. The van der Waals surface area contributed by atoms with Crippen molar-refractivity contribution in [1.29, 1.82) is 0 Å². The normalized spacial score (nSPS) is 15.3. The Labute approximate surface area is 132 Å². The zero-order valence-corrected chi connectivity index (χ0v) is 13.2. The zero-order chi connectivity index (χ0) is 14.1. The third-order valence-electron chi connectivity index (χ3n) is 3.60. The molecule has 2 aromatic rings. The van der Waals surface area contributed by atoms with Crippen molar-refractivity contribution >= 4 is 27.5 Å². The van der Waals surface area contributed by atoms with Gasteiger partial charge in [-0.2, -0.15) is 0 Å². The predicted molar refractivity (Wildman–Crippen MR) is 85.4 cm³/mol. The van der Waals surface area contributed by atoms with Crippen LogP contribution in [0.25, 0.3) is 0 Å². The minimum atomic E-state index is -0.227. The molecule has 4 heteroatoms. The van der Waals surface area contributed by atoms with E-state index in [1.807, 2.05) is 30.3 Å². The number of hydrogen-bond acceptors (Lipinski definition) is 2. The molecular weight excluding hydrogens is 338 g/mol. The molecule has 0 aromatic heterocycles. The van der Waals surface area contributed by atoms with Crippen molar-refractivity contribution in [2.45, 2.75) is 18.9 Å². The molecule has 0 bridgehead atoms. The lowest BCUT2D eigenvalue weighted by Gasteiger charge is -2.24. The third kappa shape index (κ3) is 2.58. The smallest absolute Gasteiger partial charge is 0.127 e. The van der Waals surface area contributed by atoms with Gasteiger partial charge in [0.25, 0.3) is 0 Å². The van der Waals surface area contributed by atoms with E-state index in [9.17, 15) is 0 Å². The van der Waals surface area contributed by atoms with Crippen LogP contribution >= 0.6 is 27.5 Å². The Morgan fingerprint density at radius 3 is 2.85 bits per heavy atom. The summed E-state index contributed by atoms with van der Waals surface area (Å²) in [5.74, 6) is 0.952. The Balaban J connectivity index is 2.04. The molecule has 0 saturated heterocycles. The fourth-order valence-corrected chi connectivity index (χ4v) is 3.51. The highest BCUT2D eigenvalue weighted by Gasteiger charge is 2.21. The molecule has 2 nitrogen and oxygen atoms in total. The molecular formula is C16H15BrClNO. The van der Waals surface area contributed by atoms with Crippen molar-refractivity contribution < 1.29 is 4.74 Å². The molecule has 1 aliphatic heterocycles. The van der Waals surface area contributed by atoms with E-state index < -0.39 is 0 Å². The summed E-state index contributed by atoms with van der Waals surface area (Å²) in [4.78, 5) is 0. The number of nitrogens with two attached hydrogens (primary N) is 1. The van der Waals surface area contributed by atoms with Gasteiger partial charge in [-0.15, -0.1) is 0 Å². The van der Waals surface area contributed by atoms with Gasteiger partial charge >= 0.3 is 0 Å². The molecule has 1 aliphatic rings. The Bertz CT molecular complexity index is 644. The molecule has 3 rings (SSSR count). The lowest BCUT2D eigenvalue weighted by molar-refractivity contribution is 0.284. The average Bonchev–Trinajstić information content (AvgIpc) is 2.46. The van der Waals surface area contributed by atoms with Gasteiger partial charge in [-0.25, -0.2) is 0 Å². The summed E-state index contributed by atoms with van der Waals surface area (Å²) in [6.45, 7) is 0.762. The quantitative estimate of drug-likeness (QED) is 0.865. The summed E-state index contributed by atoms with van der Waals surface area (Å²) in [6.07, 6.45) is 2.12. The van der Waals surface area contributed by atoms with Gasteiger partial charge in [-0.3, -0.25) is 0 Å². The first-order valence-corrected chi connectivity index (χ1v) is 7.79. The molecule has 0 spiro atoms. The number of benzene rings is 2. The van der Waals surface area contributed by atoms with Gasteiger partial charge in [0.2, 0.25) is 0 Å². The fraction of sp³-hybridized carbons (Fsp3) is 0.250. The van der Waals surface area contributed by atoms with E-state index in [4.69, 9.17) is 22.1 Å². The number of hydrogen-bond donors (Lipinski definition) is 1. The second-order valence-corrected chi connectivity index (χ2v) is 6.22. The highest BCUT2D eigenvalue weighted by atomic mass is 79.9. The van der Waals surface area contributed by atoms with Gasteiger partial charge in [0.05, 0.1) is 12.6 Å². The van der Waals surface area contributed by atoms with E-state index in [0.29, 0.717) is 5.02 Å². The molecule has 1 atom stereocenters. The summed E-state index contributed by atoms with van der Waals surface area (Å²) in [6, 6.07) is 11.7. The molecule has 0 radical (unpaired) electrons. The van der Waals surface area contributed by atoms with Gasteiger partial charge in [0.1, 0.15) is 5.75 Å². The van der Waals surface area contributed by atoms with E-state index in [0.717, 1.165) is 40.8 Å². The van der Waals surface area contributed by atoms with Gasteiger partial charge < -0.3 is 10.5 Å². The molecule has 1 heterocycles. The van der Waals surface area contributed by atoms with E-state index >= 15 is 0 Å². The maximum absolute atomic E-state index is 6.44. The van der Waals surface area contributed by atoms with E-state index in [-0.39, 0.29) is 6.04 Å². The highest BCUT2D eigenvalue weighted by molar-refractivity contribution is 9.10. The highest BCUT2D eigenvalue weighted by Crippen LogP contribution is 2.37. The Hall–Kier alpha value is -1.03. The Morgan fingerprint density at radius 1 is 1.20 bits per heavy atom. The van der Waals surface area contributed by atoms with Crippen molar-refractivity contribution in [3.63, 3.8) is 0 Å². The molecule has 104 valence electrons. The van der Waals surface area contributed by atoms with Gasteiger partial charge in [0.15, 0.2) is 0 Å². The minimum absolute atomic E-state index is 0.227. The van der Waals surface area contributed by atoms with Crippen LogP contribution in [-0.4, -0.2) is 6.61 Å². The maximum atomic E-state index is 6.44. The number of rotatable bonds is 2. The van der Waals surface area contributed by atoms with Crippen molar-refractivity contribution in [1.82, 2.24) is 0 Å². The van der Waals surface area contributed by atoms with Gasteiger partial charge in [-0.05, 0) is 36.1 Å². The molecule has 0 saturated carbocycles. The fourth-order valence-electron chi connectivity index (χ4n) is 2.58. The molecule has 2 N–H and O–H groups in total. The van der Waals surface area contributed by atoms with Crippen molar-refractivity contribution in [3.05, 3.63) is 62.6 Å². The van der Waals surface area contributed by atoms with Crippen LogP contribution in [0.4, 0.5) is 0 Å². The predicted octanol–water partition coefficient (Wildman–Crippen LogP) is 4.48. The molecule has 1 unspecified atom stereocenters. The van der Waals surface area contributed by atoms with Crippen LogP contribution in [0.5, 0.6) is 5.75 Å². The number of fused-ring (bicyclic) bond motifs is 1. The van der Waals surface area contributed by atoms with Gasteiger partial charge in [-0.1, -0.05) is 51.8 Å². The van der Waals surface area contributed by atoms with Crippen molar-refractivity contribution in [3.8, 4) is 5.75 Å². The standard InChI is InChI=1S/C16H15BrClNO/c17-14-9-11(18)6-7-12(14)15(19)13-5-1-3-10-4-2-8-20-16(10)13/h1,3,5-7,9,15H,2,4,8,19H2. The lowest BCUT2D eigenvalue weighted by Crippen LogP contribution is -2.17. The first-order chi connectivity index (χ1) is 9.66. The monoisotopic (exact) mass is 351 g/mol. The molecule has 0 amide bonds. The number of ether oxygens (including phenoxy) is 1. The first kappa shape index (κ1) is 13.9. The van der Waals surface area contributed by atoms with Crippen molar-refractivity contribution in [2.24, 2.45) is 5.73 Å². The first-order valence-electron chi connectivity index (χ1n) is 6.62. The number of para-hydroxylation sites is 1. The minimum Gasteiger partial charge on any atom is -0.493 e.